The minimum absolute atomic E-state index is 0.160. The minimum atomic E-state index is -0.160. The zero-order valence-electron chi connectivity index (χ0n) is 13.7. The van der Waals surface area contributed by atoms with Crippen molar-refractivity contribution in [3.8, 4) is 0 Å². The Hall–Kier alpha value is -0.310. The Labute approximate surface area is 140 Å². The van der Waals surface area contributed by atoms with Crippen LogP contribution in [-0.4, -0.2) is 5.97 Å². The zero-order chi connectivity index (χ0) is 15.6. The fourth-order valence-corrected chi connectivity index (χ4v) is 2.54. The first-order valence-corrected chi connectivity index (χ1v) is 9.42. The molecule has 0 aliphatic heterocycles. The zero-order valence-corrected chi connectivity index (χ0v) is 15.3. The monoisotopic (exact) mass is 360 g/mol. The lowest BCUT2D eigenvalue weighted by Gasteiger charge is -1.99. The molecule has 0 N–H and O–H groups in total. The molecule has 0 aromatic carbocycles. The van der Waals surface area contributed by atoms with E-state index in [1.165, 1.54) is 70.6 Å². The molecule has 0 heterocycles. The van der Waals surface area contributed by atoms with Crippen molar-refractivity contribution in [2.75, 3.05) is 0 Å². The third-order valence-corrected chi connectivity index (χ3v) is 4.09. The van der Waals surface area contributed by atoms with Gasteiger partial charge in [0.15, 0.2) is 16.3 Å². The summed E-state index contributed by atoms with van der Waals surface area (Å²) in [5.41, 5.74) is 0. The smallest absolute Gasteiger partial charge is 0.317 e. The number of halogens is 1. The Balaban J connectivity index is 3.10. The second-order valence-corrected chi connectivity index (χ2v) is 6.11. The summed E-state index contributed by atoms with van der Waals surface area (Å²) in [6.07, 6.45) is 21.8. The lowest BCUT2D eigenvalue weighted by Crippen LogP contribution is -1.95. The van der Waals surface area contributed by atoms with Crippen LogP contribution in [0, 0.1) is 0 Å². The highest BCUT2D eigenvalue weighted by Crippen LogP contribution is 2.10. The summed E-state index contributed by atoms with van der Waals surface area (Å²) in [5, 5.41) is 0. The molecule has 2 nitrogen and oxygen atoms in total. The molecule has 0 rings (SSSR count). The van der Waals surface area contributed by atoms with E-state index in [9.17, 15) is 4.79 Å². The molecule has 0 atom stereocenters. The molecule has 0 radical (unpaired) electrons. The van der Waals surface area contributed by atoms with Gasteiger partial charge in [-0.25, -0.2) is 0 Å². The van der Waals surface area contributed by atoms with Crippen molar-refractivity contribution in [1.29, 1.82) is 0 Å². The van der Waals surface area contributed by atoms with Gasteiger partial charge in [0.1, 0.15) is 0 Å². The second kappa shape index (κ2) is 17.7. The van der Waals surface area contributed by atoms with Crippen LogP contribution in [0.1, 0.15) is 96.8 Å². The first kappa shape index (κ1) is 20.7. The van der Waals surface area contributed by atoms with Gasteiger partial charge in [-0.15, -0.1) is 0 Å². The van der Waals surface area contributed by atoms with Gasteiger partial charge in [-0.2, -0.15) is 0 Å². The van der Waals surface area contributed by atoms with E-state index in [0.717, 1.165) is 12.8 Å². The normalized spacial score (nSPS) is 11.1. The van der Waals surface area contributed by atoms with Gasteiger partial charge in [0.2, 0.25) is 0 Å². The number of carbonyl (C=O) groups is 1. The number of hydrogen-bond acceptors (Lipinski definition) is 2. The highest BCUT2D eigenvalue weighted by atomic mass is 79.9. The van der Waals surface area contributed by atoms with Crippen LogP contribution in [0.5, 0.6) is 0 Å². The van der Waals surface area contributed by atoms with Crippen LogP contribution in [0.2, 0.25) is 0 Å². The molecule has 0 spiro atoms. The van der Waals surface area contributed by atoms with Gasteiger partial charge in [0.05, 0.1) is 0 Å². The summed E-state index contributed by atoms with van der Waals surface area (Å²) >= 11 is 2.70. The van der Waals surface area contributed by atoms with Crippen molar-refractivity contribution in [1.82, 2.24) is 0 Å². The topological polar surface area (TPSA) is 26.3 Å². The fraction of sp³-hybridized carbons (Fsp3) is 0.833. The van der Waals surface area contributed by atoms with Gasteiger partial charge >= 0.3 is 5.97 Å². The van der Waals surface area contributed by atoms with E-state index in [-0.39, 0.29) is 5.97 Å². The molecule has 0 aliphatic rings. The summed E-state index contributed by atoms with van der Waals surface area (Å²) in [5.74, 6) is -0.160. The third-order valence-electron chi connectivity index (χ3n) is 3.73. The van der Waals surface area contributed by atoms with E-state index in [2.05, 4.69) is 39.2 Å². The van der Waals surface area contributed by atoms with Crippen molar-refractivity contribution >= 4 is 22.2 Å². The van der Waals surface area contributed by atoms with Crippen LogP contribution >= 0.6 is 16.3 Å². The highest BCUT2D eigenvalue weighted by molar-refractivity contribution is 9.06. The maximum Gasteiger partial charge on any atom is 0.317 e. The molecule has 0 aromatic rings. The van der Waals surface area contributed by atoms with Gasteiger partial charge in [0, 0.05) is 6.42 Å². The molecule has 0 aromatic heterocycles. The number of unbranched alkanes of at least 4 members (excludes halogenated alkanes) is 11. The SMILES string of the molecule is CCCCCCCC/C=C/CCCCCCCC(=O)OBr. The van der Waals surface area contributed by atoms with Crippen LogP contribution in [0.25, 0.3) is 0 Å². The molecular weight excluding hydrogens is 328 g/mol. The standard InChI is InChI=1S/C18H33BrO2/c1-2-3-4-5-6-7-8-9-10-11-12-13-14-15-16-17-18(20)21-19/h9-10H,2-8,11-17H2,1H3/b10-9+. The molecule has 0 fully saturated rings. The molecule has 3 heteroatoms. The molecule has 0 amide bonds. The predicted molar refractivity (Wildman–Crippen MR) is 94.5 cm³/mol. The average molecular weight is 361 g/mol. The largest absolute Gasteiger partial charge is 0.384 e. The highest BCUT2D eigenvalue weighted by Gasteiger charge is 1.99. The van der Waals surface area contributed by atoms with Gasteiger partial charge < -0.3 is 3.83 Å². The first-order valence-electron chi connectivity index (χ1n) is 8.77. The van der Waals surface area contributed by atoms with E-state index in [0.29, 0.717) is 6.42 Å². The minimum Gasteiger partial charge on any atom is -0.384 e. The second-order valence-electron chi connectivity index (χ2n) is 5.78. The maximum atomic E-state index is 10.9. The summed E-state index contributed by atoms with van der Waals surface area (Å²) in [6, 6.07) is 0. The van der Waals surface area contributed by atoms with Crippen molar-refractivity contribution in [3.63, 3.8) is 0 Å². The van der Waals surface area contributed by atoms with Crippen molar-refractivity contribution < 1.29 is 8.62 Å². The Morgan fingerprint density at radius 2 is 1.29 bits per heavy atom. The van der Waals surface area contributed by atoms with Crippen LogP contribution in [0.15, 0.2) is 12.2 Å². The Morgan fingerprint density at radius 3 is 1.81 bits per heavy atom. The average Bonchev–Trinajstić information content (AvgIpc) is 2.50. The Kier molecular flexibility index (Phi) is 17.5. The molecule has 0 unspecified atom stereocenters. The van der Waals surface area contributed by atoms with Crippen molar-refractivity contribution in [2.24, 2.45) is 0 Å². The van der Waals surface area contributed by atoms with Crippen LogP contribution in [0.4, 0.5) is 0 Å². The lowest BCUT2D eigenvalue weighted by molar-refractivity contribution is -0.132. The number of allylic oxidation sites excluding steroid dienone is 2. The Bertz CT molecular complexity index is 252. The van der Waals surface area contributed by atoms with Gasteiger partial charge in [-0.3, -0.25) is 4.79 Å². The predicted octanol–water partition coefficient (Wildman–Crippen LogP) is 6.88. The van der Waals surface area contributed by atoms with Gasteiger partial charge in [-0.05, 0) is 32.1 Å². The summed E-state index contributed by atoms with van der Waals surface area (Å²) in [6.45, 7) is 2.26. The van der Waals surface area contributed by atoms with Crippen molar-refractivity contribution in [2.45, 2.75) is 96.8 Å². The molecule has 21 heavy (non-hydrogen) atoms. The quantitative estimate of drug-likeness (QED) is 0.235. The van der Waals surface area contributed by atoms with Crippen molar-refractivity contribution in [3.05, 3.63) is 12.2 Å². The maximum absolute atomic E-state index is 10.9. The summed E-state index contributed by atoms with van der Waals surface area (Å²) in [4.78, 5) is 10.9. The van der Waals surface area contributed by atoms with Crippen LogP contribution in [0.3, 0.4) is 0 Å². The summed E-state index contributed by atoms with van der Waals surface area (Å²) < 4.78 is 4.43. The number of carbonyl (C=O) groups excluding carboxylic acids is 1. The molecular formula is C18H33BrO2. The molecule has 0 saturated heterocycles. The van der Waals surface area contributed by atoms with E-state index in [4.69, 9.17) is 0 Å². The van der Waals surface area contributed by atoms with E-state index in [1.807, 2.05) is 0 Å². The third kappa shape index (κ3) is 17.6. The lowest BCUT2D eigenvalue weighted by atomic mass is 10.1. The first-order chi connectivity index (χ1) is 10.3. The molecule has 124 valence electrons. The van der Waals surface area contributed by atoms with Gasteiger partial charge in [0.25, 0.3) is 0 Å². The van der Waals surface area contributed by atoms with Crippen LogP contribution < -0.4 is 0 Å². The van der Waals surface area contributed by atoms with Crippen LogP contribution in [-0.2, 0) is 8.62 Å². The van der Waals surface area contributed by atoms with E-state index in [1.54, 1.807) is 0 Å². The molecule has 0 aliphatic carbocycles. The number of rotatable bonds is 15. The van der Waals surface area contributed by atoms with E-state index >= 15 is 0 Å². The van der Waals surface area contributed by atoms with E-state index < -0.39 is 0 Å². The molecule has 0 bridgehead atoms. The molecule has 0 saturated carbocycles. The Morgan fingerprint density at radius 1 is 0.810 bits per heavy atom. The van der Waals surface area contributed by atoms with Gasteiger partial charge in [-0.1, -0.05) is 70.4 Å². The number of hydrogen-bond donors (Lipinski definition) is 0. The fourth-order valence-electron chi connectivity index (χ4n) is 2.38. The summed E-state index contributed by atoms with van der Waals surface area (Å²) in [7, 11) is 0.